The van der Waals surface area contributed by atoms with Gasteiger partial charge in [0.05, 0.1) is 26.2 Å². The van der Waals surface area contributed by atoms with Crippen molar-refractivity contribution < 1.29 is 91.7 Å². The van der Waals surface area contributed by atoms with Gasteiger partial charge in [0.25, 0.3) is 0 Å². The highest BCUT2D eigenvalue weighted by Crippen LogP contribution is 2.42. The predicted molar refractivity (Wildman–Crippen MR) is 419 cm³/mol. The molecule has 18 amide bonds. The van der Waals surface area contributed by atoms with E-state index in [1.165, 1.54) is 35.5 Å². The van der Waals surface area contributed by atoms with Crippen LogP contribution in [0.2, 0.25) is 0 Å². The topological polar surface area (TPSA) is 587 Å². The summed E-state index contributed by atoms with van der Waals surface area (Å²) in [7, 11) is 1.71. The zero-order valence-electron chi connectivity index (χ0n) is 67.0. The number of aliphatic hydroxyl groups excluding tert-OH is 2. The number of nitrogens with zero attached hydrogens (tertiary/aromatic N) is 4. The van der Waals surface area contributed by atoms with Crippen molar-refractivity contribution in [1.29, 1.82) is 0 Å². The summed E-state index contributed by atoms with van der Waals surface area (Å²) in [5.41, 5.74) is 16.9. The van der Waals surface area contributed by atoms with E-state index in [2.05, 4.69) is 68.8 Å². The van der Waals surface area contributed by atoms with E-state index < -0.39 is 246 Å². The Balaban J connectivity index is 1.54. The second-order valence-corrected chi connectivity index (χ2v) is 34.4. The Bertz CT molecular complexity index is 3550. The number of aliphatic imine (C=N–C) groups is 1. The molecule has 0 aromatic rings. The quantitative estimate of drug-likeness (QED) is 0.0319. The highest BCUT2D eigenvalue weighted by molar-refractivity contribution is 8.77. The van der Waals surface area contributed by atoms with Gasteiger partial charge in [0.2, 0.25) is 94.5 Å². The van der Waals surface area contributed by atoms with E-state index in [1.54, 1.807) is 55.4 Å². The first-order valence-corrected chi connectivity index (χ1v) is 41.8. The largest absolute Gasteiger partial charge is 0.394 e. The molecule has 0 radical (unpaired) electrons. The first kappa shape index (κ1) is 93.7. The Morgan fingerprint density at radius 2 is 1.08 bits per heavy atom. The number of amides is 18. The number of carbonyl (C=O) groups excluding carboxylic acids is 17. The molecule has 1 saturated carbocycles. The third-order valence-corrected chi connectivity index (χ3v) is 25.4. The van der Waals surface area contributed by atoms with E-state index in [-0.39, 0.29) is 102 Å². The van der Waals surface area contributed by atoms with Crippen molar-refractivity contribution in [2.75, 3.05) is 45.1 Å². The number of carbonyl (C=O) groups is 17. The molecule has 1 aliphatic carbocycles. The molecule has 0 unspecified atom stereocenters. The minimum atomic E-state index is -1.96. The molecule has 39 nitrogen and oxygen atoms in total. The molecule has 6 aliphatic rings. The number of hydrogen-bond acceptors (Lipinski definition) is 22. The molecule has 5 heterocycles. The van der Waals surface area contributed by atoms with Crippen molar-refractivity contribution in [1.82, 2.24) is 83.8 Å². The monoisotopic (exact) mass is 1640 g/mol. The Labute approximate surface area is 671 Å². The van der Waals surface area contributed by atoms with Crippen molar-refractivity contribution in [2.45, 2.75) is 274 Å². The maximum Gasteiger partial charge on any atom is 0.321 e. The maximum absolute atomic E-state index is 15.8. The Morgan fingerprint density at radius 1 is 0.544 bits per heavy atom. The lowest BCUT2D eigenvalue weighted by Gasteiger charge is -2.39. The van der Waals surface area contributed by atoms with Crippen LogP contribution >= 0.6 is 21.6 Å². The minimum absolute atomic E-state index is 0.00509. The van der Waals surface area contributed by atoms with Crippen molar-refractivity contribution in [3.63, 3.8) is 0 Å². The number of rotatable bonds is 15. The van der Waals surface area contributed by atoms with Crippen LogP contribution in [0, 0.1) is 29.6 Å². The molecule has 6 rings (SSSR count). The fourth-order valence-corrected chi connectivity index (χ4v) is 17.7. The first-order chi connectivity index (χ1) is 53.8. The molecule has 41 heteroatoms. The Hall–Kier alpha value is -9.12. The molecule has 5 saturated heterocycles. The first-order valence-electron chi connectivity index (χ1n) is 39.5. The second-order valence-electron chi connectivity index (χ2n) is 31.5. The third-order valence-electron chi connectivity index (χ3n) is 22.1. The summed E-state index contributed by atoms with van der Waals surface area (Å²) in [5, 5.41) is 54.5. The third kappa shape index (κ3) is 25.4. The molecule has 638 valence electrons. The van der Waals surface area contributed by atoms with Crippen molar-refractivity contribution in [2.24, 2.45) is 51.8 Å². The van der Waals surface area contributed by atoms with Crippen molar-refractivity contribution in [3.05, 3.63) is 0 Å². The second kappa shape index (κ2) is 43.6. The lowest BCUT2D eigenvalue weighted by atomic mass is 9.84. The minimum Gasteiger partial charge on any atom is -0.394 e. The van der Waals surface area contributed by atoms with Crippen LogP contribution < -0.4 is 86.3 Å². The molecule has 0 spiro atoms. The molecule has 5 aliphatic heterocycles. The van der Waals surface area contributed by atoms with Crippen LogP contribution in [0.25, 0.3) is 0 Å². The number of hydrogen-bond donors (Lipinski definition) is 18. The highest BCUT2D eigenvalue weighted by Gasteiger charge is 2.53. The molecule has 21 N–H and O–H groups in total. The van der Waals surface area contributed by atoms with Crippen molar-refractivity contribution in [3.8, 4) is 0 Å². The van der Waals surface area contributed by atoms with Crippen molar-refractivity contribution >= 4 is 128 Å². The molecular formula is C73H120N20O19S2. The fourth-order valence-electron chi connectivity index (χ4n) is 14.9. The van der Waals surface area contributed by atoms with Crippen LogP contribution in [0.5, 0.6) is 0 Å². The summed E-state index contributed by atoms with van der Waals surface area (Å²) in [6, 6.07) is -23.2. The molecule has 2 bridgehead atoms. The number of primary amides is 1. The van der Waals surface area contributed by atoms with Gasteiger partial charge in [0, 0.05) is 36.2 Å². The van der Waals surface area contributed by atoms with Crippen LogP contribution in [0.1, 0.15) is 179 Å². The lowest BCUT2D eigenvalue weighted by molar-refractivity contribution is -0.150. The number of aliphatic hydroxyl groups is 2. The lowest BCUT2D eigenvalue weighted by Crippen LogP contribution is -2.64. The van der Waals surface area contributed by atoms with Crippen LogP contribution in [0.3, 0.4) is 0 Å². The van der Waals surface area contributed by atoms with E-state index in [0.29, 0.717) is 25.7 Å². The Morgan fingerprint density at radius 3 is 1.68 bits per heavy atom. The summed E-state index contributed by atoms with van der Waals surface area (Å²) >= 11 is 0. The smallest absolute Gasteiger partial charge is 0.321 e. The van der Waals surface area contributed by atoms with Gasteiger partial charge in [-0.25, -0.2) is 4.79 Å². The van der Waals surface area contributed by atoms with Gasteiger partial charge < -0.3 is 106 Å². The number of nitrogens with one attached hydrogen (secondary N) is 13. The summed E-state index contributed by atoms with van der Waals surface area (Å²) in [6.07, 6.45) is 3.23. The van der Waals surface area contributed by atoms with Crippen LogP contribution in [0.4, 0.5) is 4.79 Å². The summed E-state index contributed by atoms with van der Waals surface area (Å²) < 4.78 is -1.62. The number of imide groups is 1. The molecule has 0 aromatic heterocycles. The molecule has 0 aromatic carbocycles. The molecule has 19 atom stereocenters. The van der Waals surface area contributed by atoms with Gasteiger partial charge in [-0.3, -0.25) is 87.0 Å². The van der Waals surface area contributed by atoms with E-state index in [4.69, 9.17) is 17.2 Å². The highest BCUT2D eigenvalue weighted by atomic mass is 33.1. The molecule has 6 fully saturated rings. The van der Waals surface area contributed by atoms with Gasteiger partial charge in [-0.15, -0.1) is 0 Å². The van der Waals surface area contributed by atoms with Crippen LogP contribution in [-0.2, 0) is 76.7 Å². The molecule has 114 heavy (non-hydrogen) atoms. The predicted octanol–water partition coefficient (Wildman–Crippen LogP) is -4.41. The van der Waals surface area contributed by atoms with Gasteiger partial charge >= 0.3 is 6.03 Å². The van der Waals surface area contributed by atoms with Gasteiger partial charge in [-0.2, -0.15) is 0 Å². The average Bonchev–Trinajstić information content (AvgIpc) is 1.60. The molecular weight excluding hydrogens is 1530 g/mol. The number of fused-ring (bicyclic) bond motifs is 10. The van der Waals surface area contributed by atoms with E-state index >= 15 is 33.6 Å². The number of nitrogens with two attached hydrogens (primary N) is 3. The SMILES string of the molecule is CC[C@H](C)[C@@H]1NC(=O)CNC(=O)NC(=O)[C@H](C)NC(=O)C[C@@H](C(N)=O)NC(=O)[C@@H]2CCCN2C(=O)[C@H]([C@@H](C)CC)NC(=O)[C@H]2NC(=O)[C@H]([C@@H](C)CC)NC(=O)[C@@H]3C[C@@H]4CCCC[C@@H]4N3C(=O)[C@@H]3CCCN3C(=O)[C@H](CC(C)C)NC(=O)[C@H](CO)NC(=O)[C@H](CCCN=C(N)N)NC(=O)[C@H](CO)NC(=O)[C@H](CSSC2(C)C)NC1=O. The van der Waals surface area contributed by atoms with E-state index in [9.17, 15) is 58.2 Å². The van der Waals surface area contributed by atoms with Gasteiger partial charge in [-0.1, -0.05) is 109 Å². The van der Waals surface area contributed by atoms with Gasteiger partial charge in [0.1, 0.15) is 84.6 Å². The van der Waals surface area contributed by atoms with Crippen LogP contribution in [-0.4, -0.2) is 272 Å². The number of urea groups is 1. The summed E-state index contributed by atoms with van der Waals surface area (Å²) in [5.74, 6) is -18.7. The van der Waals surface area contributed by atoms with Crippen LogP contribution in [0.15, 0.2) is 4.99 Å². The zero-order chi connectivity index (χ0) is 84.7. The standard InChI is InChI=1S/C73H120N20O19S2/c1-12-36(6)53-65(106)85-46-34-113-114-73(10,11)56(67(108)88-55(38(8)14-3)70(111)91-26-18-23-48(91)63(104)81-42(57(74)98)30-51(96)79-39(9)58(99)90-72(112)78-31-52(97)86-53)89-66(107)54(37(7)13-2)87-64(105)50-29-40-20-15-16-22-47(40)93(50)69(110)49-24-19-27-92(49)68(109)43(28-35(4)5)82-61(102)45(33-95)83-59(100)41(21-17-25-77-71(75)76)80-60(101)44(32-94)84-62(46)103/h35-50,53-56,94-95H,12-34H2,1-11H3,(H2,74,98)(H,79,96)(H,80,101)(H,81,104)(H,82,102)(H,83,100)(H,84,103)(H,85,106)(H,86,97)(H,87,105)(H,88,108)(H,89,107)(H4,75,76,77)(H2,78,90,99,112)/t36-,37-,38-,39-,40-,41-,42-,43-,44-,45-,46-,47-,48-,49-,50-,53-,54-,55-,56+/m0/s1. The normalized spacial score (nSPS) is 30.9. The summed E-state index contributed by atoms with van der Waals surface area (Å²) in [6.45, 7) is 14.7. The zero-order valence-corrected chi connectivity index (χ0v) is 68.6. The van der Waals surface area contributed by atoms with E-state index in [1.807, 2.05) is 5.32 Å². The number of guanidine groups is 1. The van der Waals surface area contributed by atoms with Gasteiger partial charge in [0.15, 0.2) is 5.96 Å². The Kier molecular flexibility index (Phi) is 35.8. The fraction of sp³-hybridized carbons (Fsp3) is 0.753. The average molecular weight is 1650 g/mol. The van der Waals surface area contributed by atoms with Gasteiger partial charge in [-0.05, 0) is 115 Å². The summed E-state index contributed by atoms with van der Waals surface area (Å²) in [4.78, 5) is 255. The van der Waals surface area contributed by atoms with E-state index in [0.717, 1.165) is 28.0 Å². The maximum atomic E-state index is 15.8.